The third kappa shape index (κ3) is 2.15. The molecule has 1 aliphatic rings. The van der Waals surface area contributed by atoms with Crippen LogP contribution in [-0.2, 0) is 6.42 Å². The van der Waals surface area contributed by atoms with Gasteiger partial charge in [0, 0.05) is 11.3 Å². The lowest BCUT2D eigenvalue weighted by Gasteiger charge is -2.24. The molecule has 21 heavy (non-hydrogen) atoms. The number of nitrogens with zero attached hydrogens (tertiary/aromatic N) is 2. The molecule has 0 bridgehead atoms. The van der Waals surface area contributed by atoms with Crippen LogP contribution in [0.5, 0.6) is 5.88 Å². The van der Waals surface area contributed by atoms with Crippen molar-refractivity contribution in [2.45, 2.75) is 25.7 Å². The topological polar surface area (TPSA) is 87.7 Å². The Bertz CT molecular complexity index is 724. The van der Waals surface area contributed by atoms with Crippen molar-refractivity contribution >= 4 is 0 Å². The summed E-state index contributed by atoms with van der Waals surface area (Å²) in [6.07, 6.45) is 1.84. The van der Waals surface area contributed by atoms with E-state index in [-0.39, 0.29) is 11.8 Å². The van der Waals surface area contributed by atoms with Crippen molar-refractivity contribution in [1.29, 1.82) is 5.26 Å². The number of H-pyrrole nitrogens is 1. The Labute approximate surface area is 123 Å². The van der Waals surface area contributed by atoms with Crippen LogP contribution in [0.15, 0.2) is 41.8 Å². The van der Waals surface area contributed by atoms with Crippen molar-refractivity contribution in [2.75, 3.05) is 0 Å². The van der Waals surface area contributed by atoms with Gasteiger partial charge in [-0.25, -0.2) is 0 Å². The van der Waals surface area contributed by atoms with E-state index >= 15 is 0 Å². The predicted octanol–water partition coefficient (Wildman–Crippen LogP) is 2.58. The van der Waals surface area contributed by atoms with Gasteiger partial charge in [0.1, 0.15) is 11.6 Å². The molecule has 5 heteroatoms. The number of hydrogen-bond donors (Lipinski definition) is 2. The largest absolute Gasteiger partial charge is 0.420 e. The minimum absolute atomic E-state index is 0.133. The van der Waals surface area contributed by atoms with Crippen molar-refractivity contribution in [3.63, 3.8) is 0 Å². The second kappa shape index (κ2) is 5.33. The Balaban J connectivity index is 2.20. The van der Waals surface area contributed by atoms with Crippen LogP contribution >= 0.6 is 0 Å². The molecule has 0 saturated carbocycles. The highest BCUT2D eigenvalue weighted by Gasteiger charge is 2.34. The Morgan fingerprint density at radius 2 is 2.14 bits per heavy atom. The van der Waals surface area contributed by atoms with Gasteiger partial charge in [-0.3, -0.25) is 5.10 Å². The van der Waals surface area contributed by atoms with E-state index in [0.717, 1.165) is 29.7 Å². The first-order valence-corrected chi connectivity index (χ1v) is 6.96. The van der Waals surface area contributed by atoms with E-state index in [1.54, 1.807) is 0 Å². The zero-order valence-corrected chi connectivity index (χ0v) is 11.8. The van der Waals surface area contributed by atoms with Crippen LogP contribution in [0, 0.1) is 11.3 Å². The zero-order chi connectivity index (χ0) is 14.8. The molecule has 2 aromatic rings. The number of allylic oxidation sites excluding steroid dienone is 1. The SMILES string of the molecule is CCCc1[nH]nc2c1[C@H](c1ccccc1)C(C#N)=C(N)O2. The van der Waals surface area contributed by atoms with Gasteiger partial charge >= 0.3 is 0 Å². The maximum absolute atomic E-state index is 9.48. The number of rotatable bonds is 3. The molecular formula is C16H16N4O. The second-order valence-corrected chi connectivity index (χ2v) is 5.01. The molecule has 0 spiro atoms. The third-order valence-electron chi connectivity index (χ3n) is 3.65. The minimum Gasteiger partial charge on any atom is -0.420 e. The summed E-state index contributed by atoms with van der Waals surface area (Å²) in [7, 11) is 0. The first kappa shape index (κ1) is 13.3. The van der Waals surface area contributed by atoms with E-state index in [0.29, 0.717) is 11.5 Å². The summed E-state index contributed by atoms with van der Waals surface area (Å²) >= 11 is 0. The summed E-state index contributed by atoms with van der Waals surface area (Å²) < 4.78 is 5.51. The Hall–Kier alpha value is -2.74. The van der Waals surface area contributed by atoms with E-state index in [2.05, 4.69) is 23.2 Å². The van der Waals surface area contributed by atoms with Gasteiger partial charge in [-0.05, 0) is 12.0 Å². The van der Waals surface area contributed by atoms with Crippen molar-refractivity contribution in [1.82, 2.24) is 10.2 Å². The number of nitrogens with one attached hydrogen (secondary N) is 1. The highest BCUT2D eigenvalue weighted by molar-refractivity contribution is 5.55. The molecule has 0 fully saturated rings. The normalized spacial score (nSPS) is 17.0. The molecule has 0 amide bonds. The van der Waals surface area contributed by atoms with Crippen LogP contribution < -0.4 is 10.5 Å². The van der Waals surface area contributed by atoms with Gasteiger partial charge in [0.25, 0.3) is 0 Å². The molecule has 5 nitrogen and oxygen atoms in total. The fraction of sp³-hybridized carbons (Fsp3) is 0.250. The van der Waals surface area contributed by atoms with Crippen molar-refractivity contribution in [3.05, 3.63) is 58.6 Å². The van der Waals surface area contributed by atoms with Crippen LogP contribution in [0.2, 0.25) is 0 Å². The van der Waals surface area contributed by atoms with Gasteiger partial charge < -0.3 is 10.5 Å². The maximum Gasteiger partial charge on any atom is 0.244 e. The van der Waals surface area contributed by atoms with Crippen LogP contribution in [0.25, 0.3) is 0 Å². The van der Waals surface area contributed by atoms with Crippen molar-refractivity contribution in [2.24, 2.45) is 5.73 Å². The van der Waals surface area contributed by atoms with E-state index in [9.17, 15) is 5.26 Å². The second-order valence-electron chi connectivity index (χ2n) is 5.01. The molecule has 0 saturated heterocycles. The van der Waals surface area contributed by atoms with Gasteiger partial charge in [-0.1, -0.05) is 43.7 Å². The van der Waals surface area contributed by atoms with Crippen LogP contribution in [-0.4, -0.2) is 10.2 Å². The van der Waals surface area contributed by atoms with E-state index < -0.39 is 0 Å². The van der Waals surface area contributed by atoms with Crippen LogP contribution in [0.1, 0.15) is 36.1 Å². The molecular weight excluding hydrogens is 264 g/mol. The highest BCUT2D eigenvalue weighted by atomic mass is 16.5. The number of fused-ring (bicyclic) bond motifs is 1. The quantitative estimate of drug-likeness (QED) is 0.904. The van der Waals surface area contributed by atoms with Crippen LogP contribution in [0.3, 0.4) is 0 Å². The number of ether oxygens (including phenoxy) is 1. The van der Waals surface area contributed by atoms with Gasteiger partial charge in [-0.15, -0.1) is 5.10 Å². The average Bonchev–Trinajstić information content (AvgIpc) is 2.89. The molecule has 106 valence electrons. The fourth-order valence-electron chi connectivity index (χ4n) is 2.73. The van der Waals surface area contributed by atoms with Gasteiger partial charge in [0.2, 0.25) is 11.8 Å². The van der Waals surface area contributed by atoms with Gasteiger partial charge in [-0.2, -0.15) is 5.26 Å². The van der Waals surface area contributed by atoms with E-state index in [1.807, 2.05) is 30.3 Å². The molecule has 1 aromatic carbocycles. The monoisotopic (exact) mass is 280 g/mol. The molecule has 1 atom stereocenters. The lowest BCUT2D eigenvalue weighted by atomic mass is 9.83. The fourth-order valence-corrected chi connectivity index (χ4v) is 2.73. The van der Waals surface area contributed by atoms with Gasteiger partial charge in [0.05, 0.1) is 5.92 Å². The Morgan fingerprint density at radius 1 is 1.38 bits per heavy atom. The summed E-state index contributed by atoms with van der Waals surface area (Å²) in [5.74, 6) is 0.387. The number of aryl methyl sites for hydroxylation is 1. The molecule has 3 rings (SSSR count). The molecule has 2 heterocycles. The number of hydrogen-bond acceptors (Lipinski definition) is 4. The minimum atomic E-state index is -0.222. The van der Waals surface area contributed by atoms with Gasteiger partial charge in [0.15, 0.2) is 0 Å². The van der Waals surface area contributed by atoms with Crippen molar-refractivity contribution < 1.29 is 4.74 Å². The lowest BCUT2D eigenvalue weighted by molar-refractivity contribution is 0.378. The average molecular weight is 280 g/mol. The smallest absolute Gasteiger partial charge is 0.244 e. The molecule has 0 unspecified atom stereocenters. The maximum atomic E-state index is 9.48. The predicted molar refractivity (Wildman–Crippen MR) is 78.3 cm³/mol. The molecule has 3 N–H and O–H groups in total. The first-order chi connectivity index (χ1) is 10.3. The summed E-state index contributed by atoms with van der Waals surface area (Å²) in [5, 5.41) is 16.7. The summed E-state index contributed by atoms with van der Waals surface area (Å²) in [5.41, 5.74) is 9.27. The number of aromatic amines is 1. The van der Waals surface area contributed by atoms with E-state index in [4.69, 9.17) is 10.5 Å². The zero-order valence-electron chi connectivity index (χ0n) is 11.8. The Kier molecular flexibility index (Phi) is 3.36. The number of nitriles is 1. The summed E-state index contributed by atoms with van der Waals surface area (Å²) in [4.78, 5) is 0. The third-order valence-corrected chi connectivity index (χ3v) is 3.65. The molecule has 0 radical (unpaired) electrons. The standard InChI is InChI=1S/C16H16N4O/c1-2-6-12-14-13(10-7-4-3-5-8-10)11(9-17)15(18)21-16(14)20-19-12/h3-5,7-8,13H,2,6,18H2,1H3,(H,19,20)/t13-/m1/s1. The van der Waals surface area contributed by atoms with Crippen molar-refractivity contribution in [3.8, 4) is 11.9 Å². The Morgan fingerprint density at radius 3 is 2.81 bits per heavy atom. The number of nitrogens with two attached hydrogens (primary N) is 1. The molecule has 1 aliphatic heterocycles. The lowest BCUT2D eigenvalue weighted by Crippen LogP contribution is -2.21. The number of benzene rings is 1. The van der Waals surface area contributed by atoms with Crippen LogP contribution in [0.4, 0.5) is 0 Å². The number of aromatic nitrogens is 2. The molecule has 0 aliphatic carbocycles. The highest BCUT2D eigenvalue weighted by Crippen LogP contribution is 2.42. The summed E-state index contributed by atoms with van der Waals surface area (Å²) in [6, 6.07) is 12.0. The molecule has 1 aromatic heterocycles. The van der Waals surface area contributed by atoms with E-state index in [1.165, 1.54) is 0 Å². The first-order valence-electron chi connectivity index (χ1n) is 6.96. The summed E-state index contributed by atoms with van der Waals surface area (Å²) in [6.45, 7) is 2.10.